The van der Waals surface area contributed by atoms with Crippen LogP contribution in [0, 0.1) is 5.92 Å². The Morgan fingerprint density at radius 3 is 2.67 bits per heavy atom. The summed E-state index contributed by atoms with van der Waals surface area (Å²) < 4.78 is 37.8. The lowest BCUT2D eigenvalue weighted by molar-refractivity contribution is -0.123. The summed E-state index contributed by atoms with van der Waals surface area (Å²) in [5, 5.41) is 4.99. The number of furan rings is 1. The van der Waals surface area contributed by atoms with Crippen LogP contribution >= 0.6 is 0 Å². The van der Waals surface area contributed by atoms with E-state index in [0.29, 0.717) is 22.4 Å². The maximum absolute atomic E-state index is 13.1. The fraction of sp³-hybridized carbons (Fsp3) is 0.485. The van der Waals surface area contributed by atoms with Crippen LogP contribution in [0.25, 0.3) is 11.0 Å². The van der Waals surface area contributed by atoms with E-state index in [1.54, 1.807) is 13.4 Å². The molecular formula is C33H41F2N5O3. The van der Waals surface area contributed by atoms with Crippen LogP contribution in [-0.4, -0.2) is 37.5 Å². The van der Waals surface area contributed by atoms with Crippen LogP contribution in [0.15, 0.2) is 65.1 Å². The molecule has 2 aliphatic rings. The van der Waals surface area contributed by atoms with Gasteiger partial charge in [-0.3, -0.25) is 4.79 Å². The minimum Gasteiger partial charge on any atom is -0.464 e. The van der Waals surface area contributed by atoms with Gasteiger partial charge >= 0.3 is 6.55 Å². The van der Waals surface area contributed by atoms with Gasteiger partial charge in [0, 0.05) is 35.8 Å². The number of ether oxygens (including phenoxy) is 1. The number of nitrogens with one attached hydrogen (secondary N) is 1. The largest absolute Gasteiger partial charge is 0.464 e. The monoisotopic (exact) mass is 593 g/mol. The molecule has 3 aromatic heterocycles. The number of fused-ring (bicyclic) bond motifs is 1. The number of nitrogens with zero attached hydrogens (tertiary/aromatic N) is 4. The predicted molar refractivity (Wildman–Crippen MR) is 160 cm³/mol. The molecule has 6 rings (SSSR count). The number of hydrogen-bond acceptors (Lipinski definition) is 6. The zero-order valence-electron chi connectivity index (χ0n) is 25.4. The summed E-state index contributed by atoms with van der Waals surface area (Å²) in [7, 11) is 1.81. The number of halogens is 2. The van der Waals surface area contributed by atoms with E-state index >= 15 is 0 Å². The Kier molecular flexibility index (Phi) is 9.62. The van der Waals surface area contributed by atoms with Crippen LogP contribution in [0.1, 0.15) is 101 Å². The van der Waals surface area contributed by atoms with Crippen molar-refractivity contribution in [3.8, 4) is 0 Å². The average molecular weight is 594 g/mol. The number of ketones is 1. The number of aryl methyl sites for hydroxylation is 2. The van der Waals surface area contributed by atoms with Crippen molar-refractivity contribution in [2.75, 3.05) is 7.05 Å². The maximum Gasteiger partial charge on any atom is 0.333 e. The molecule has 0 amide bonds. The molecule has 4 aromatic rings. The third-order valence-electron chi connectivity index (χ3n) is 8.27. The zero-order chi connectivity index (χ0) is 30.5. The van der Waals surface area contributed by atoms with Crippen LogP contribution < -0.4 is 0 Å². The molecular weight excluding hydrogens is 552 g/mol. The first-order valence-electron chi connectivity index (χ1n) is 15.3. The maximum atomic E-state index is 13.1. The summed E-state index contributed by atoms with van der Waals surface area (Å²) in [5.41, 5.74) is 5.95. The number of benzene rings is 1. The van der Waals surface area contributed by atoms with E-state index in [9.17, 15) is 13.6 Å². The van der Waals surface area contributed by atoms with E-state index in [1.807, 2.05) is 37.1 Å². The first-order valence-corrected chi connectivity index (χ1v) is 15.3. The fourth-order valence-corrected chi connectivity index (χ4v) is 5.72. The van der Waals surface area contributed by atoms with E-state index in [1.165, 1.54) is 41.9 Å². The van der Waals surface area contributed by atoms with Crippen molar-refractivity contribution in [2.45, 2.75) is 90.8 Å². The van der Waals surface area contributed by atoms with Gasteiger partial charge in [-0.05, 0) is 56.9 Å². The average Bonchev–Trinajstić information content (AvgIpc) is 3.35. The molecule has 2 unspecified atom stereocenters. The number of alkyl halides is 2. The van der Waals surface area contributed by atoms with Crippen LogP contribution in [0.2, 0.25) is 0 Å². The number of para-hydroxylation sites is 1. The molecule has 1 fully saturated rings. The molecule has 0 spiro atoms. The van der Waals surface area contributed by atoms with E-state index in [-0.39, 0.29) is 11.7 Å². The third kappa shape index (κ3) is 6.84. The van der Waals surface area contributed by atoms with Gasteiger partial charge in [-0.25, -0.2) is 9.67 Å². The quantitative estimate of drug-likeness (QED) is 0.179. The Hall–Kier alpha value is -3.95. The number of H-pyrrole nitrogens is 1. The van der Waals surface area contributed by atoms with Gasteiger partial charge in [-0.1, -0.05) is 45.4 Å². The highest BCUT2D eigenvalue weighted by Gasteiger charge is 2.37. The summed E-state index contributed by atoms with van der Waals surface area (Å²) in [6.07, 6.45) is 13.3. The van der Waals surface area contributed by atoms with Crippen LogP contribution in [0.5, 0.6) is 0 Å². The van der Waals surface area contributed by atoms with Gasteiger partial charge < -0.3 is 19.0 Å². The molecule has 1 N–H and O–H groups in total. The molecule has 1 aliphatic heterocycles. The van der Waals surface area contributed by atoms with Crippen LogP contribution in [-0.2, 0) is 22.4 Å². The van der Waals surface area contributed by atoms with Gasteiger partial charge in [0.25, 0.3) is 0 Å². The minimum atomic E-state index is -2.72. The van der Waals surface area contributed by atoms with Crippen LogP contribution in [0.4, 0.5) is 8.78 Å². The summed E-state index contributed by atoms with van der Waals surface area (Å²) >= 11 is 0. The second kappa shape index (κ2) is 13.6. The lowest BCUT2D eigenvalue weighted by atomic mass is 9.96. The molecule has 10 heteroatoms. The lowest BCUT2D eigenvalue weighted by Gasteiger charge is -2.21. The Bertz CT molecular complexity index is 1550. The minimum absolute atomic E-state index is 0.0525. The molecule has 8 nitrogen and oxygen atoms in total. The van der Waals surface area contributed by atoms with Crippen molar-refractivity contribution >= 4 is 16.8 Å². The molecule has 1 saturated carbocycles. The summed E-state index contributed by atoms with van der Waals surface area (Å²) in [4.78, 5) is 22.6. The second-order valence-electron chi connectivity index (χ2n) is 11.4. The molecule has 1 aliphatic carbocycles. The Morgan fingerprint density at radius 2 is 1.98 bits per heavy atom. The number of imidazole rings is 1. The number of Topliss-reactive ketones (excluding diaryl/α,β-unsaturated/α-hetero) is 1. The highest BCUT2D eigenvalue weighted by Crippen LogP contribution is 2.43. The third-order valence-corrected chi connectivity index (χ3v) is 8.27. The Balaban J connectivity index is 0.000000251. The molecule has 0 radical (unpaired) electrons. The molecule has 1 aromatic carbocycles. The number of carbonyl (C=O) groups is 1. The van der Waals surface area contributed by atoms with E-state index < -0.39 is 12.8 Å². The summed E-state index contributed by atoms with van der Waals surface area (Å²) in [6, 6.07) is 8.26. The highest BCUT2D eigenvalue weighted by molar-refractivity contribution is 5.96. The lowest BCUT2D eigenvalue weighted by Crippen LogP contribution is -2.18. The van der Waals surface area contributed by atoms with Crippen molar-refractivity contribution in [1.82, 2.24) is 24.6 Å². The molecule has 4 heterocycles. The normalized spacial score (nSPS) is 17.4. The van der Waals surface area contributed by atoms with Gasteiger partial charge in [-0.15, -0.1) is 0 Å². The van der Waals surface area contributed by atoms with Crippen molar-refractivity contribution in [3.63, 3.8) is 0 Å². The predicted octanol–water partition coefficient (Wildman–Crippen LogP) is 8.07. The Morgan fingerprint density at radius 1 is 1.19 bits per heavy atom. The first kappa shape index (κ1) is 30.5. The number of aromatic nitrogens is 4. The molecule has 0 bridgehead atoms. The summed E-state index contributed by atoms with van der Waals surface area (Å²) in [5.74, 6) is 0.858. The first-order chi connectivity index (χ1) is 20.8. The molecule has 2 atom stereocenters. The van der Waals surface area contributed by atoms with E-state index in [4.69, 9.17) is 9.15 Å². The Labute approximate surface area is 251 Å². The van der Waals surface area contributed by atoms with Crippen molar-refractivity contribution < 1.29 is 22.7 Å². The topological polar surface area (TPSA) is 89.2 Å². The molecule has 43 heavy (non-hydrogen) atoms. The van der Waals surface area contributed by atoms with Gasteiger partial charge in [0.15, 0.2) is 5.76 Å². The van der Waals surface area contributed by atoms with Gasteiger partial charge in [0.05, 0.1) is 35.7 Å². The highest BCUT2D eigenvalue weighted by atomic mass is 19.3. The van der Waals surface area contributed by atoms with Crippen molar-refractivity contribution in [1.29, 1.82) is 0 Å². The fourth-order valence-electron chi connectivity index (χ4n) is 5.72. The van der Waals surface area contributed by atoms with Crippen LogP contribution in [0.3, 0.4) is 0 Å². The van der Waals surface area contributed by atoms with E-state index in [0.717, 1.165) is 55.0 Å². The number of hydrogen-bond donors (Lipinski definition) is 1. The van der Waals surface area contributed by atoms with Gasteiger partial charge in [0.2, 0.25) is 12.0 Å². The number of allylic oxidation sites excluding steroid dienone is 2. The molecule has 0 saturated heterocycles. The number of aromatic amines is 1. The second-order valence-corrected chi connectivity index (χ2v) is 11.4. The SMILES string of the molecule is CCCc1[nH]cnc1CCCC(C)C(=O)C1=C(CC)N(C)C(c2cnn(C(F)F)c2)O1.c1ccc2c(C3CC3)coc2c1. The van der Waals surface area contributed by atoms with E-state index in [2.05, 4.69) is 34.1 Å². The van der Waals surface area contributed by atoms with Gasteiger partial charge in [-0.2, -0.15) is 13.9 Å². The smallest absolute Gasteiger partial charge is 0.333 e. The van der Waals surface area contributed by atoms with Crippen molar-refractivity contribution in [2.24, 2.45) is 5.92 Å². The standard InChI is InChI=1S/C22H31F2N5O2.C11H10O/c1-5-8-16-17(26-13-25-16)10-7-9-14(3)19(30)20-18(6-2)28(4)21(31-20)15-11-27-29(12-15)22(23)24;1-2-4-11-9(3-1)10(7-12-11)8-5-6-8/h11-14,21-22H,5-10H2,1-4H3,(H,25,26);1-4,7-8H,5-6H2. The summed E-state index contributed by atoms with van der Waals surface area (Å²) in [6.45, 7) is 3.28. The van der Waals surface area contributed by atoms with Crippen molar-refractivity contribution in [3.05, 3.63) is 83.2 Å². The van der Waals surface area contributed by atoms with Gasteiger partial charge in [0.1, 0.15) is 5.58 Å². The number of rotatable bonds is 12. The zero-order valence-corrected chi connectivity index (χ0v) is 25.4. The molecule has 230 valence electrons. The number of carbonyl (C=O) groups excluding carboxylic acids is 1.